The molecule has 0 bridgehead atoms. The largest absolute Gasteiger partial charge is 0.324 e. The second-order valence-electron chi connectivity index (χ2n) is 5.14. The van der Waals surface area contributed by atoms with E-state index < -0.39 is 0 Å². The van der Waals surface area contributed by atoms with Crippen LogP contribution in [0.5, 0.6) is 0 Å². The number of hydrogen-bond acceptors (Lipinski definition) is 1. The molecule has 0 radical (unpaired) electrons. The number of hydrogen-bond donors (Lipinski definition) is 1. The molecule has 2 N–H and O–H groups in total. The third-order valence-corrected chi connectivity index (χ3v) is 4.19. The van der Waals surface area contributed by atoms with Gasteiger partial charge in [0, 0.05) is 6.04 Å². The summed E-state index contributed by atoms with van der Waals surface area (Å²) in [6.07, 6.45) is 1.74. The van der Waals surface area contributed by atoms with Gasteiger partial charge in [0.05, 0.1) is 5.02 Å². The molecule has 0 saturated heterocycles. The van der Waals surface area contributed by atoms with Gasteiger partial charge in [-0.2, -0.15) is 0 Å². The molecule has 98 valence electrons. The molecule has 1 aliphatic carbocycles. The van der Waals surface area contributed by atoms with E-state index in [1.54, 1.807) is 6.07 Å². The summed E-state index contributed by atoms with van der Waals surface area (Å²) in [5.41, 5.74) is 9.78. The molecule has 0 aliphatic heterocycles. The third kappa shape index (κ3) is 2.38. The van der Waals surface area contributed by atoms with Crippen molar-refractivity contribution >= 4 is 11.6 Å². The predicted octanol–water partition coefficient (Wildman–Crippen LogP) is 3.89. The van der Waals surface area contributed by atoms with Gasteiger partial charge in [-0.25, -0.2) is 4.39 Å². The molecule has 0 fully saturated rings. The maximum Gasteiger partial charge on any atom is 0.142 e. The van der Waals surface area contributed by atoms with Gasteiger partial charge < -0.3 is 5.73 Å². The minimum Gasteiger partial charge on any atom is -0.324 e. The minimum atomic E-state index is -0.358. The van der Waals surface area contributed by atoms with E-state index >= 15 is 0 Å². The minimum absolute atomic E-state index is 0.0370. The van der Waals surface area contributed by atoms with Crippen LogP contribution in [0, 0.1) is 11.7 Å². The van der Waals surface area contributed by atoms with Crippen molar-refractivity contribution in [3.05, 3.63) is 70.0 Å². The van der Waals surface area contributed by atoms with Gasteiger partial charge in [-0.05, 0) is 47.6 Å². The van der Waals surface area contributed by atoms with E-state index in [1.165, 1.54) is 17.2 Å². The smallest absolute Gasteiger partial charge is 0.142 e. The first-order valence-corrected chi connectivity index (χ1v) is 6.80. The Hall–Kier alpha value is -1.38. The average Bonchev–Trinajstić information content (AvgIpc) is 2.72. The molecule has 3 heteroatoms. The molecule has 19 heavy (non-hydrogen) atoms. The quantitative estimate of drug-likeness (QED) is 0.884. The Kier molecular flexibility index (Phi) is 3.29. The van der Waals surface area contributed by atoms with Crippen LogP contribution in [-0.4, -0.2) is 0 Å². The van der Waals surface area contributed by atoms with Crippen LogP contribution in [0.4, 0.5) is 4.39 Å². The van der Waals surface area contributed by atoms with Gasteiger partial charge in [-0.1, -0.05) is 41.9 Å². The van der Waals surface area contributed by atoms with E-state index in [0.29, 0.717) is 5.92 Å². The first-order valence-electron chi connectivity index (χ1n) is 6.42. The van der Waals surface area contributed by atoms with Crippen molar-refractivity contribution < 1.29 is 4.39 Å². The normalized spacial score (nSPS) is 21.4. The second kappa shape index (κ2) is 4.95. The van der Waals surface area contributed by atoms with Gasteiger partial charge in [-0.15, -0.1) is 0 Å². The van der Waals surface area contributed by atoms with Crippen LogP contribution >= 0.6 is 11.6 Å². The highest BCUT2D eigenvalue weighted by atomic mass is 35.5. The van der Waals surface area contributed by atoms with E-state index in [1.807, 2.05) is 18.2 Å². The van der Waals surface area contributed by atoms with Crippen LogP contribution in [0.3, 0.4) is 0 Å². The van der Waals surface area contributed by atoms with Crippen molar-refractivity contribution in [2.75, 3.05) is 0 Å². The molecule has 2 unspecified atom stereocenters. The predicted molar refractivity (Wildman–Crippen MR) is 75.7 cm³/mol. The van der Waals surface area contributed by atoms with Gasteiger partial charge in [0.25, 0.3) is 0 Å². The van der Waals surface area contributed by atoms with Crippen LogP contribution in [-0.2, 0) is 12.8 Å². The number of rotatable bonds is 2. The fourth-order valence-corrected chi connectivity index (χ4v) is 2.99. The van der Waals surface area contributed by atoms with Crippen LogP contribution in [0.15, 0.2) is 42.5 Å². The summed E-state index contributed by atoms with van der Waals surface area (Å²) in [4.78, 5) is 0. The maximum absolute atomic E-state index is 13.5. The maximum atomic E-state index is 13.5. The molecule has 0 heterocycles. The molecule has 2 aromatic rings. The van der Waals surface area contributed by atoms with Gasteiger partial charge in [-0.3, -0.25) is 0 Å². The van der Waals surface area contributed by atoms with Crippen molar-refractivity contribution in [3.63, 3.8) is 0 Å². The Balaban J connectivity index is 1.80. The zero-order chi connectivity index (χ0) is 13.4. The summed E-state index contributed by atoms with van der Waals surface area (Å²) in [6.45, 7) is 0. The first-order chi connectivity index (χ1) is 9.15. The Morgan fingerprint density at radius 3 is 2.74 bits per heavy atom. The summed E-state index contributed by atoms with van der Waals surface area (Å²) in [6, 6.07) is 13.3. The molecule has 0 aromatic heterocycles. The van der Waals surface area contributed by atoms with Gasteiger partial charge >= 0.3 is 0 Å². The zero-order valence-corrected chi connectivity index (χ0v) is 11.2. The lowest BCUT2D eigenvalue weighted by Gasteiger charge is -2.16. The van der Waals surface area contributed by atoms with Crippen molar-refractivity contribution in [3.8, 4) is 0 Å². The average molecular weight is 276 g/mol. The van der Waals surface area contributed by atoms with E-state index in [2.05, 4.69) is 12.1 Å². The summed E-state index contributed by atoms with van der Waals surface area (Å²) in [7, 11) is 0. The van der Waals surface area contributed by atoms with Crippen LogP contribution < -0.4 is 5.73 Å². The topological polar surface area (TPSA) is 26.0 Å². The number of fused-ring (bicyclic) bond motifs is 1. The van der Waals surface area contributed by atoms with E-state index in [0.717, 1.165) is 18.4 Å². The molecule has 0 amide bonds. The van der Waals surface area contributed by atoms with Crippen molar-refractivity contribution in [1.82, 2.24) is 0 Å². The monoisotopic (exact) mass is 275 g/mol. The Bertz CT molecular complexity index is 611. The van der Waals surface area contributed by atoms with Gasteiger partial charge in [0.2, 0.25) is 0 Å². The van der Waals surface area contributed by atoms with E-state index in [4.69, 9.17) is 17.3 Å². The van der Waals surface area contributed by atoms with Crippen molar-refractivity contribution in [1.29, 1.82) is 0 Å². The number of benzene rings is 2. The van der Waals surface area contributed by atoms with Gasteiger partial charge in [0.15, 0.2) is 0 Å². The van der Waals surface area contributed by atoms with Crippen LogP contribution in [0.1, 0.15) is 22.7 Å². The fourth-order valence-electron chi connectivity index (χ4n) is 2.88. The van der Waals surface area contributed by atoms with Crippen molar-refractivity contribution in [2.24, 2.45) is 11.7 Å². The highest BCUT2D eigenvalue weighted by Crippen LogP contribution is 2.36. The summed E-state index contributed by atoms with van der Waals surface area (Å²) < 4.78 is 13.5. The molecule has 1 aliphatic rings. The summed E-state index contributed by atoms with van der Waals surface area (Å²) in [5, 5.41) is 0.169. The van der Waals surface area contributed by atoms with Crippen LogP contribution in [0.2, 0.25) is 5.02 Å². The lowest BCUT2D eigenvalue weighted by molar-refractivity contribution is 0.463. The summed E-state index contributed by atoms with van der Waals surface area (Å²) >= 11 is 5.70. The fraction of sp³-hybridized carbons (Fsp3) is 0.250. The molecular weight excluding hydrogens is 261 g/mol. The lowest BCUT2D eigenvalue weighted by atomic mass is 9.93. The molecule has 2 atom stereocenters. The lowest BCUT2D eigenvalue weighted by Crippen LogP contribution is -2.19. The first kappa shape index (κ1) is 12.6. The molecule has 0 spiro atoms. The zero-order valence-electron chi connectivity index (χ0n) is 10.4. The van der Waals surface area contributed by atoms with E-state index in [9.17, 15) is 4.39 Å². The Morgan fingerprint density at radius 1 is 1.21 bits per heavy atom. The highest BCUT2D eigenvalue weighted by molar-refractivity contribution is 6.30. The van der Waals surface area contributed by atoms with Crippen LogP contribution in [0.25, 0.3) is 0 Å². The molecule has 2 aromatic carbocycles. The highest BCUT2D eigenvalue weighted by Gasteiger charge is 2.29. The molecular formula is C16H15ClFN. The molecule has 0 saturated carbocycles. The molecule has 3 rings (SSSR count). The Morgan fingerprint density at radius 2 is 2.00 bits per heavy atom. The van der Waals surface area contributed by atoms with Crippen molar-refractivity contribution in [2.45, 2.75) is 18.9 Å². The Labute approximate surface area is 117 Å². The standard InChI is InChI=1S/C16H15ClFN/c17-14-6-5-10(8-15(14)18)7-12-9-11-3-1-2-4-13(11)16(12)19/h1-6,8,12,16H,7,9,19H2. The van der Waals surface area contributed by atoms with E-state index in [-0.39, 0.29) is 16.9 Å². The SMILES string of the molecule is NC1c2ccccc2CC1Cc1ccc(Cl)c(F)c1. The summed E-state index contributed by atoms with van der Waals surface area (Å²) in [5.74, 6) is -0.0266. The number of nitrogens with two attached hydrogens (primary N) is 1. The second-order valence-corrected chi connectivity index (χ2v) is 5.55. The third-order valence-electron chi connectivity index (χ3n) is 3.89. The number of halogens is 2. The molecule has 1 nitrogen and oxygen atoms in total. The van der Waals surface area contributed by atoms with Gasteiger partial charge in [0.1, 0.15) is 5.82 Å².